The molecule has 0 bridgehead atoms. The number of hydrogen-bond acceptors (Lipinski definition) is 8. The average molecular weight is 399 g/mol. The summed E-state index contributed by atoms with van der Waals surface area (Å²) in [6.45, 7) is 3.65. The largest absolute Gasteiger partial charge is 0.493 e. The highest BCUT2D eigenvalue weighted by Gasteiger charge is 2.16. The van der Waals surface area contributed by atoms with Gasteiger partial charge in [-0.1, -0.05) is 17.8 Å². The highest BCUT2D eigenvalue weighted by molar-refractivity contribution is 7.98. The van der Waals surface area contributed by atoms with E-state index in [2.05, 4.69) is 16.0 Å². The summed E-state index contributed by atoms with van der Waals surface area (Å²) in [5, 5.41) is 12.9. The summed E-state index contributed by atoms with van der Waals surface area (Å²) in [4.78, 5) is 13.4. The summed E-state index contributed by atoms with van der Waals surface area (Å²) < 4.78 is 10.9. The topological polar surface area (TPSA) is 80.9 Å². The van der Waals surface area contributed by atoms with Gasteiger partial charge in [-0.3, -0.25) is 0 Å². The van der Waals surface area contributed by atoms with Gasteiger partial charge < -0.3 is 9.47 Å². The lowest BCUT2D eigenvalue weighted by Crippen LogP contribution is -1.99. The van der Waals surface area contributed by atoms with Gasteiger partial charge in [-0.25, -0.2) is 15.0 Å². The lowest BCUT2D eigenvalue weighted by atomic mass is 10.2. The van der Waals surface area contributed by atoms with Crippen LogP contribution >= 0.6 is 23.1 Å². The van der Waals surface area contributed by atoms with Crippen molar-refractivity contribution >= 4 is 23.1 Å². The third-order valence-corrected chi connectivity index (χ3v) is 5.76. The maximum atomic E-state index is 9.36. The van der Waals surface area contributed by atoms with Crippen LogP contribution in [0.1, 0.15) is 22.8 Å². The van der Waals surface area contributed by atoms with Crippen molar-refractivity contribution in [3.05, 3.63) is 46.4 Å². The van der Waals surface area contributed by atoms with Crippen LogP contribution < -0.4 is 9.47 Å². The molecule has 3 rings (SSSR count). The van der Waals surface area contributed by atoms with E-state index in [-0.39, 0.29) is 0 Å². The fourth-order valence-corrected chi connectivity index (χ4v) is 4.52. The van der Waals surface area contributed by atoms with Crippen molar-refractivity contribution in [1.82, 2.24) is 15.0 Å². The third kappa shape index (κ3) is 4.04. The first kappa shape index (κ1) is 19.1. The Morgan fingerprint density at radius 2 is 1.96 bits per heavy atom. The Labute approximate surface area is 166 Å². The van der Waals surface area contributed by atoms with Gasteiger partial charge in [-0.2, -0.15) is 5.26 Å². The predicted molar refractivity (Wildman–Crippen MR) is 106 cm³/mol. The molecule has 0 aliphatic rings. The monoisotopic (exact) mass is 398 g/mol. The number of hydrogen-bond donors (Lipinski definition) is 0. The number of ether oxygens (including phenoxy) is 2. The summed E-state index contributed by atoms with van der Waals surface area (Å²) in [7, 11) is 3.24. The van der Waals surface area contributed by atoms with E-state index in [1.165, 1.54) is 11.8 Å². The van der Waals surface area contributed by atoms with Gasteiger partial charge >= 0.3 is 0 Å². The Hall–Kier alpha value is -2.63. The lowest BCUT2D eigenvalue weighted by molar-refractivity contribution is 0.356. The number of thioether (sulfide) groups is 1. The maximum Gasteiger partial charge on any atom is 0.170 e. The number of benzene rings is 1. The fourth-order valence-electron chi connectivity index (χ4n) is 2.61. The number of para-hydroxylation sites is 1. The number of aryl methyl sites for hydroxylation is 2. The van der Waals surface area contributed by atoms with Gasteiger partial charge in [-0.15, -0.1) is 11.3 Å². The summed E-state index contributed by atoms with van der Waals surface area (Å²) >= 11 is 3.04. The van der Waals surface area contributed by atoms with E-state index < -0.39 is 0 Å². The predicted octanol–water partition coefficient (Wildman–Crippen LogP) is 4.40. The second kappa shape index (κ2) is 8.37. The minimum absolute atomic E-state index is 0.524. The molecule has 2 heterocycles. The first-order valence-corrected chi connectivity index (χ1v) is 9.97. The number of nitrogens with zero attached hydrogens (tertiary/aromatic N) is 4. The van der Waals surface area contributed by atoms with Crippen molar-refractivity contribution < 1.29 is 9.47 Å². The van der Waals surface area contributed by atoms with Gasteiger partial charge in [0.1, 0.15) is 27.5 Å². The molecule has 0 spiro atoms. The van der Waals surface area contributed by atoms with Crippen molar-refractivity contribution in [3.8, 4) is 28.1 Å². The molecule has 0 amide bonds. The summed E-state index contributed by atoms with van der Waals surface area (Å²) in [6, 6.07) is 7.92. The van der Waals surface area contributed by atoms with Crippen LogP contribution in [0.25, 0.3) is 10.6 Å². The van der Waals surface area contributed by atoms with Crippen molar-refractivity contribution in [3.63, 3.8) is 0 Å². The van der Waals surface area contributed by atoms with Crippen molar-refractivity contribution in [2.24, 2.45) is 0 Å². The van der Waals surface area contributed by atoms with E-state index in [0.29, 0.717) is 39.4 Å². The van der Waals surface area contributed by atoms with Gasteiger partial charge in [-0.05, 0) is 26.0 Å². The van der Waals surface area contributed by atoms with Gasteiger partial charge in [0.25, 0.3) is 0 Å². The van der Waals surface area contributed by atoms with Gasteiger partial charge in [0.15, 0.2) is 11.5 Å². The van der Waals surface area contributed by atoms with E-state index in [1.807, 2.05) is 37.4 Å². The van der Waals surface area contributed by atoms with Gasteiger partial charge in [0.05, 0.1) is 31.2 Å². The zero-order valence-corrected chi connectivity index (χ0v) is 17.1. The molecule has 138 valence electrons. The van der Waals surface area contributed by atoms with Crippen LogP contribution in [0.3, 0.4) is 0 Å². The molecule has 6 nitrogen and oxygen atoms in total. The summed E-state index contributed by atoms with van der Waals surface area (Å²) in [5.74, 6) is 2.62. The first-order valence-electron chi connectivity index (χ1n) is 8.11. The van der Waals surface area contributed by atoms with Crippen LogP contribution in [0.15, 0.2) is 28.6 Å². The van der Waals surface area contributed by atoms with Crippen LogP contribution in [0.2, 0.25) is 0 Å². The zero-order chi connectivity index (χ0) is 19.4. The van der Waals surface area contributed by atoms with Crippen LogP contribution in [0, 0.1) is 25.2 Å². The molecule has 0 saturated carbocycles. The Kier molecular flexibility index (Phi) is 5.94. The molecule has 3 aromatic rings. The molecule has 1 aromatic carbocycles. The molecule has 0 atom stereocenters. The first-order chi connectivity index (χ1) is 13.1. The van der Waals surface area contributed by atoms with Crippen LogP contribution in [-0.4, -0.2) is 29.2 Å². The standard InChI is InChI=1S/C19H18N4O2S2/c1-11-15(8-20)19(22-12(2)21-11)27-10-13-9-26-18(23-13)14-6-5-7-16(24-3)17(14)25-4/h5-7,9H,10H2,1-4H3. The van der Waals surface area contributed by atoms with Crippen LogP contribution in [-0.2, 0) is 5.75 Å². The minimum Gasteiger partial charge on any atom is -0.493 e. The second-order valence-corrected chi connectivity index (χ2v) is 7.44. The molecule has 0 fully saturated rings. The Morgan fingerprint density at radius 3 is 2.67 bits per heavy atom. The normalized spacial score (nSPS) is 10.5. The SMILES string of the molecule is COc1cccc(-c2nc(CSc3nc(C)nc(C)c3C#N)cs2)c1OC. The van der Waals surface area contributed by atoms with E-state index in [4.69, 9.17) is 14.5 Å². The molecular formula is C19H18N4O2S2. The Bertz CT molecular complexity index is 1010. The van der Waals surface area contributed by atoms with E-state index in [1.54, 1.807) is 25.6 Å². The molecule has 0 unspecified atom stereocenters. The van der Waals surface area contributed by atoms with Crippen LogP contribution in [0.5, 0.6) is 11.5 Å². The Balaban J connectivity index is 1.84. The number of rotatable bonds is 6. The molecule has 0 saturated heterocycles. The van der Waals surface area contributed by atoms with Crippen molar-refractivity contribution in [1.29, 1.82) is 5.26 Å². The number of thiazole rings is 1. The molecule has 27 heavy (non-hydrogen) atoms. The van der Waals surface area contributed by atoms with E-state index >= 15 is 0 Å². The molecule has 0 aliphatic carbocycles. The smallest absolute Gasteiger partial charge is 0.170 e. The number of aromatic nitrogens is 3. The van der Waals surface area contributed by atoms with Crippen molar-refractivity contribution in [2.75, 3.05) is 14.2 Å². The number of methoxy groups -OCH3 is 2. The van der Waals surface area contributed by atoms with Crippen LogP contribution in [0.4, 0.5) is 0 Å². The number of nitriles is 1. The highest BCUT2D eigenvalue weighted by atomic mass is 32.2. The third-order valence-electron chi connectivity index (χ3n) is 3.82. The molecule has 0 aliphatic heterocycles. The van der Waals surface area contributed by atoms with Gasteiger partial charge in [0.2, 0.25) is 0 Å². The fraction of sp³-hybridized carbons (Fsp3) is 0.263. The zero-order valence-electron chi connectivity index (χ0n) is 15.4. The lowest BCUT2D eigenvalue weighted by Gasteiger charge is -2.10. The van der Waals surface area contributed by atoms with E-state index in [9.17, 15) is 5.26 Å². The highest BCUT2D eigenvalue weighted by Crippen LogP contribution is 2.39. The van der Waals surface area contributed by atoms with Gasteiger partial charge in [0, 0.05) is 11.1 Å². The molecular weight excluding hydrogens is 380 g/mol. The maximum absolute atomic E-state index is 9.36. The Morgan fingerprint density at radius 1 is 1.15 bits per heavy atom. The second-order valence-electron chi connectivity index (χ2n) is 5.62. The average Bonchev–Trinajstić information content (AvgIpc) is 3.14. The molecule has 8 heteroatoms. The summed E-state index contributed by atoms with van der Waals surface area (Å²) in [5.41, 5.74) is 3.04. The van der Waals surface area contributed by atoms with E-state index in [0.717, 1.165) is 16.3 Å². The molecule has 2 aromatic heterocycles. The molecule has 0 N–H and O–H groups in total. The molecule has 0 radical (unpaired) electrons. The van der Waals surface area contributed by atoms with Crippen molar-refractivity contribution in [2.45, 2.75) is 24.6 Å². The summed E-state index contributed by atoms with van der Waals surface area (Å²) in [6.07, 6.45) is 0. The quantitative estimate of drug-likeness (QED) is 0.450. The minimum atomic E-state index is 0.524.